The first-order valence-corrected chi connectivity index (χ1v) is 9.00. The average molecular weight is 310 g/mol. The molecule has 3 saturated carbocycles. The molecule has 3 rings (SSSR count). The molecule has 3 fully saturated rings. The van der Waals surface area contributed by atoms with Crippen molar-refractivity contribution in [2.24, 2.45) is 23.2 Å². The van der Waals surface area contributed by atoms with Gasteiger partial charge in [0.05, 0.1) is 17.6 Å². The van der Waals surface area contributed by atoms with Gasteiger partial charge in [0.1, 0.15) is 0 Å². The number of hydrogen-bond acceptors (Lipinski definition) is 3. The molecule has 126 valence electrons. The van der Waals surface area contributed by atoms with Gasteiger partial charge in [-0.3, -0.25) is 4.79 Å². The van der Waals surface area contributed by atoms with E-state index in [1.165, 1.54) is 32.1 Å². The number of aliphatic hydroxyl groups is 2. The van der Waals surface area contributed by atoms with Crippen molar-refractivity contribution in [3.8, 4) is 0 Å². The molecule has 22 heavy (non-hydrogen) atoms. The molecule has 3 aliphatic carbocycles. The van der Waals surface area contributed by atoms with E-state index in [4.69, 9.17) is 0 Å². The van der Waals surface area contributed by atoms with Crippen LogP contribution >= 0.6 is 0 Å². The van der Waals surface area contributed by atoms with Crippen molar-refractivity contribution in [2.75, 3.05) is 0 Å². The Morgan fingerprint density at radius 3 is 2.32 bits per heavy atom. The van der Waals surface area contributed by atoms with Gasteiger partial charge in [-0.2, -0.15) is 0 Å². The van der Waals surface area contributed by atoms with E-state index in [9.17, 15) is 20.1 Å². The summed E-state index contributed by atoms with van der Waals surface area (Å²) < 4.78 is 0. The Labute approximate surface area is 132 Å². The van der Waals surface area contributed by atoms with E-state index >= 15 is 0 Å². The van der Waals surface area contributed by atoms with Gasteiger partial charge in [0.15, 0.2) is 0 Å². The maximum Gasteiger partial charge on any atom is 0.307 e. The maximum atomic E-state index is 11.8. The highest BCUT2D eigenvalue weighted by Crippen LogP contribution is 2.61. The van der Waals surface area contributed by atoms with Crippen LogP contribution in [0.25, 0.3) is 0 Å². The first kappa shape index (κ1) is 16.3. The summed E-state index contributed by atoms with van der Waals surface area (Å²) in [5.74, 6) is -0.00905. The molecular weight excluding hydrogens is 280 g/mol. The van der Waals surface area contributed by atoms with Crippen molar-refractivity contribution in [3.63, 3.8) is 0 Å². The summed E-state index contributed by atoms with van der Waals surface area (Å²) in [6.07, 6.45) is 8.89. The van der Waals surface area contributed by atoms with E-state index in [0.717, 1.165) is 19.3 Å². The average Bonchev–Trinajstić information content (AvgIpc) is 2.84. The Morgan fingerprint density at radius 2 is 1.73 bits per heavy atom. The van der Waals surface area contributed by atoms with Crippen LogP contribution in [0.3, 0.4) is 0 Å². The fourth-order valence-corrected chi connectivity index (χ4v) is 5.78. The Bertz CT molecular complexity index is 427. The molecule has 0 heterocycles. The zero-order valence-corrected chi connectivity index (χ0v) is 13.6. The van der Waals surface area contributed by atoms with Crippen molar-refractivity contribution in [1.82, 2.24) is 0 Å². The molecule has 0 aromatic rings. The largest absolute Gasteiger partial charge is 0.481 e. The zero-order chi connectivity index (χ0) is 16.0. The topological polar surface area (TPSA) is 77.8 Å². The van der Waals surface area contributed by atoms with E-state index in [-0.39, 0.29) is 11.3 Å². The van der Waals surface area contributed by atoms with E-state index in [1.807, 2.05) is 0 Å². The summed E-state index contributed by atoms with van der Waals surface area (Å²) in [6.45, 7) is 1.69. The molecule has 0 saturated heterocycles. The molecular formula is C18H30O4. The second-order valence-electron chi connectivity index (χ2n) is 8.28. The fraction of sp³-hybridized carbons (Fsp3) is 0.944. The minimum Gasteiger partial charge on any atom is -0.481 e. The summed E-state index contributed by atoms with van der Waals surface area (Å²) in [4.78, 5) is 11.8. The number of carboxylic acids is 1. The number of carbonyl (C=O) groups is 1. The van der Waals surface area contributed by atoms with Crippen LogP contribution in [-0.4, -0.2) is 33.0 Å². The number of carboxylic acid groups (broad SMARTS) is 1. The molecule has 3 N–H and O–H groups in total. The Kier molecular flexibility index (Phi) is 4.28. The fourth-order valence-electron chi connectivity index (χ4n) is 5.78. The lowest BCUT2D eigenvalue weighted by Gasteiger charge is -2.51. The van der Waals surface area contributed by atoms with E-state index in [0.29, 0.717) is 24.7 Å². The number of hydrogen-bond donors (Lipinski definition) is 3. The van der Waals surface area contributed by atoms with Gasteiger partial charge >= 0.3 is 5.97 Å². The summed E-state index contributed by atoms with van der Waals surface area (Å²) in [7, 11) is 0. The molecule has 3 aliphatic rings. The molecule has 5 atom stereocenters. The van der Waals surface area contributed by atoms with Gasteiger partial charge in [0.25, 0.3) is 0 Å². The Balaban J connectivity index is 1.88. The molecule has 0 aromatic heterocycles. The van der Waals surface area contributed by atoms with Crippen molar-refractivity contribution >= 4 is 5.97 Å². The second-order valence-corrected chi connectivity index (χ2v) is 8.28. The zero-order valence-electron chi connectivity index (χ0n) is 13.6. The van der Waals surface area contributed by atoms with Crippen molar-refractivity contribution in [2.45, 2.75) is 82.8 Å². The molecule has 0 bridgehead atoms. The van der Waals surface area contributed by atoms with E-state index in [2.05, 4.69) is 0 Å². The van der Waals surface area contributed by atoms with Crippen molar-refractivity contribution in [1.29, 1.82) is 0 Å². The predicted octanol–water partition coefficient (Wildman–Crippen LogP) is 2.96. The third-order valence-electron chi connectivity index (χ3n) is 7.10. The van der Waals surface area contributed by atoms with Gasteiger partial charge in [-0.25, -0.2) is 0 Å². The molecule has 1 spiro atoms. The third kappa shape index (κ3) is 2.58. The minimum absolute atomic E-state index is 0.296. The van der Waals surface area contributed by atoms with Gasteiger partial charge in [-0.05, 0) is 56.3 Å². The van der Waals surface area contributed by atoms with Crippen LogP contribution in [0, 0.1) is 23.2 Å². The van der Waals surface area contributed by atoms with Gasteiger partial charge < -0.3 is 15.3 Å². The van der Waals surface area contributed by atoms with Crippen LogP contribution in [-0.2, 0) is 4.79 Å². The van der Waals surface area contributed by atoms with Crippen LogP contribution in [0.2, 0.25) is 0 Å². The normalized spacial score (nSPS) is 47.0. The monoisotopic (exact) mass is 310 g/mol. The molecule has 0 radical (unpaired) electrons. The second kappa shape index (κ2) is 5.79. The smallest absolute Gasteiger partial charge is 0.307 e. The highest BCUT2D eigenvalue weighted by Gasteiger charge is 2.59. The quantitative estimate of drug-likeness (QED) is 0.733. The van der Waals surface area contributed by atoms with Crippen LogP contribution in [0.1, 0.15) is 71.1 Å². The number of aliphatic carboxylic acids is 1. The minimum atomic E-state index is -1.06. The highest BCUT2D eigenvalue weighted by atomic mass is 16.4. The maximum absolute atomic E-state index is 11.8. The van der Waals surface area contributed by atoms with E-state index in [1.54, 1.807) is 6.92 Å². The van der Waals surface area contributed by atoms with Gasteiger partial charge in [-0.1, -0.05) is 32.1 Å². The lowest BCUT2D eigenvalue weighted by molar-refractivity contribution is -0.164. The number of rotatable bonds is 2. The number of aliphatic hydroxyl groups excluding tert-OH is 1. The third-order valence-corrected chi connectivity index (χ3v) is 7.10. The summed E-state index contributed by atoms with van der Waals surface area (Å²) in [6, 6.07) is 0. The first-order chi connectivity index (χ1) is 10.4. The predicted molar refractivity (Wildman–Crippen MR) is 83.3 cm³/mol. The molecule has 0 amide bonds. The highest BCUT2D eigenvalue weighted by molar-refractivity contribution is 5.71. The lowest BCUT2D eigenvalue weighted by atomic mass is 9.56. The summed E-state index contributed by atoms with van der Waals surface area (Å²) in [5.41, 5.74) is -1.36. The first-order valence-electron chi connectivity index (χ1n) is 9.00. The van der Waals surface area contributed by atoms with Crippen LogP contribution < -0.4 is 0 Å². The SMILES string of the molecule is C[C@]1(O)CC[C@@]2(C[C@@H]1O)[C@@H](C(=O)O)CC[C@H]2C1CCCCC1. The molecule has 0 aromatic carbocycles. The van der Waals surface area contributed by atoms with Crippen LogP contribution in [0.5, 0.6) is 0 Å². The Hall–Kier alpha value is -0.610. The van der Waals surface area contributed by atoms with E-state index < -0.39 is 17.7 Å². The summed E-state index contributed by atoms with van der Waals surface area (Å²) in [5, 5.41) is 30.5. The van der Waals surface area contributed by atoms with Crippen molar-refractivity contribution < 1.29 is 20.1 Å². The summed E-state index contributed by atoms with van der Waals surface area (Å²) >= 11 is 0. The molecule has 4 heteroatoms. The van der Waals surface area contributed by atoms with Crippen LogP contribution in [0.4, 0.5) is 0 Å². The van der Waals surface area contributed by atoms with Crippen molar-refractivity contribution in [3.05, 3.63) is 0 Å². The van der Waals surface area contributed by atoms with Gasteiger partial charge in [0, 0.05) is 0 Å². The molecule has 4 nitrogen and oxygen atoms in total. The molecule has 0 aliphatic heterocycles. The van der Waals surface area contributed by atoms with Crippen LogP contribution in [0.15, 0.2) is 0 Å². The Morgan fingerprint density at radius 1 is 1.05 bits per heavy atom. The standard InChI is InChI=1S/C18H30O4/c1-17(22)9-10-18(11-15(17)19)13(7-8-14(18)16(20)21)12-5-3-2-4-6-12/h12-15,19,22H,2-11H2,1H3,(H,20,21)/t13-,14+,15-,17-,18-/m0/s1. The van der Waals surface area contributed by atoms with Gasteiger partial charge in [0.2, 0.25) is 0 Å². The lowest BCUT2D eigenvalue weighted by Crippen LogP contribution is -2.53. The molecule has 0 unspecified atom stereocenters. The van der Waals surface area contributed by atoms with Gasteiger partial charge in [-0.15, -0.1) is 0 Å².